The first-order chi connectivity index (χ1) is 10.7. The Morgan fingerprint density at radius 1 is 1.41 bits per heavy atom. The second-order valence-corrected chi connectivity index (χ2v) is 5.10. The molecule has 2 aromatic rings. The molecule has 0 radical (unpaired) electrons. The van der Waals surface area contributed by atoms with Crippen LogP contribution in [0, 0.1) is 11.3 Å². The number of nitrogens with one attached hydrogen (secondary N) is 1. The summed E-state index contributed by atoms with van der Waals surface area (Å²) in [7, 11) is 0. The van der Waals surface area contributed by atoms with E-state index in [0.29, 0.717) is 5.69 Å². The number of amides is 1. The molecule has 1 N–H and O–H groups in total. The monoisotopic (exact) mass is 315 g/mol. The first-order valence-corrected chi connectivity index (χ1v) is 7.41. The molecule has 0 aliphatic carbocycles. The van der Waals surface area contributed by atoms with Crippen LogP contribution in [0.5, 0.6) is 0 Å². The lowest BCUT2D eigenvalue weighted by Gasteiger charge is -2.07. The SMILES string of the molecule is CCOC(=O)c1csc(C(C#N)C(=O)Nc2ccccc2)n1. The van der Waals surface area contributed by atoms with E-state index in [0.717, 1.165) is 11.3 Å². The van der Waals surface area contributed by atoms with E-state index in [1.807, 2.05) is 12.1 Å². The molecule has 2 rings (SSSR count). The Hall–Kier alpha value is -2.72. The largest absolute Gasteiger partial charge is 0.461 e. The van der Waals surface area contributed by atoms with E-state index >= 15 is 0 Å². The van der Waals surface area contributed by atoms with E-state index in [2.05, 4.69) is 10.3 Å². The highest BCUT2D eigenvalue weighted by atomic mass is 32.1. The number of aromatic nitrogens is 1. The standard InChI is InChI=1S/C15H13N3O3S/c1-2-21-15(20)12-9-22-14(18-12)11(8-16)13(19)17-10-6-4-3-5-7-10/h3-7,9,11H,2H2,1H3,(H,17,19). The van der Waals surface area contributed by atoms with E-state index in [-0.39, 0.29) is 17.3 Å². The van der Waals surface area contributed by atoms with E-state index in [9.17, 15) is 14.9 Å². The molecule has 0 aliphatic heterocycles. The molecule has 0 saturated heterocycles. The molecule has 0 aliphatic rings. The number of thiazole rings is 1. The van der Waals surface area contributed by atoms with Crippen molar-refractivity contribution in [1.82, 2.24) is 4.98 Å². The average molecular weight is 315 g/mol. The van der Waals surface area contributed by atoms with Crippen molar-refractivity contribution in [2.45, 2.75) is 12.8 Å². The Morgan fingerprint density at radius 3 is 2.77 bits per heavy atom. The van der Waals surface area contributed by atoms with Crippen LogP contribution in [0.15, 0.2) is 35.7 Å². The number of hydrogen-bond acceptors (Lipinski definition) is 6. The van der Waals surface area contributed by atoms with Crippen molar-refractivity contribution in [3.8, 4) is 6.07 Å². The molecule has 0 spiro atoms. The molecule has 1 unspecified atom stereocenters. The number of ether oxygens (including phenoxy) is 1. The van der Waals surface area contributed by atoms with Gasteiger partial charge in [-0.15, -0.1) is 11.3 Å². The zero-order valence-electron chi connectivity index (χ0n) is 11.8. The maximum atomic E-state index is 12.2. The third-order valence-electron chi connectivity index (χ3n) is 2.69. The van der Waals surface area contributed by atoms with E-state index in [1.165, 1.54) is 5.38 Å². The van der Waals surface area contributed by atoms with Gasteiger partial charge in [-0.05, 0) is 19.1 Å². The molecule has 1 amide bonds. The van der Waals surface area contributed by atoms with Gasteiger partial charge in [0.15, 0.2) is 11.6 Å². The number of anilines is 1. The van der Waals surface area contributed by atoms with Crippen LogP contribution in [-0.4, -0.2) is 23.5 Å². The van der Waals surface area contributed by atoms with Crippen LogP contribution >= 0.6 is 11.3 Å². The molecule has 1 atom stereocenters. The summed E-state index contributed by atoms with van der Waals surface area (Å²) in [4.78, 5) is 27.8. The quantitative estimate of drug-likeness (QED) is 0.856. The van der Waals surface area contributed by atoms with Crippen LogP contribution in [-0.2, 0) is 9.53 Å². The smallest absolute Gasteiger partial charge is 0.357 e. The molecule has 112 valence electrons. The third kappa shape index (κ3) is 3.68. The summed E-state index contributed by atoms with van der Waals surface area (Å²) in [5.74, 6) is -2.13. The minimum atomic E-state index is -1.08. The second-order valence-electron chi connectivity index (χ2n) is 4.21. The Bertz CT molecular complexity index is 706. The van der Waals surface area contributed by atoms with E-state index < -0.39 is 17.8 Å². The Labute approximate surface area is 131 Å². The van der Waals surface area contributed by atoms with Gasteiger partial charge in [0.1, 0.15) is 5.01 Å². The third-order valence-corrected chi connectivity index (χ3v) is 3.60. The molecule has 0 saturated carbocycles. The number of carbonyl (C=O) groups is 2. The lowest BCUT2D eigenvalue weighted by Crippen LogP contribution is -2.20. The first-order valence-electron chi connectivity index (χ1n) is 6.53. The Kier molecular flexibility index (Phi) is 5.22. The van der Waals surface area contributed by atoms with Crippen LogP contribution in [0.1, 0.15) is 28.3 Å². The maximum Gasteiger partial charge on any atom is 0.357 e. The van der Waals surface area contributed by atoms with Crippen LogP contribution < -0.4 is 5.32 Å². The molecule has 0 fully saturated rings. The average Bonchev–Trinajstić information content (AvgIpc) is 2.99. The number of benzene rings is 1. The van der Waals surface area contributed by atoms with Crippen molar-refractivity contribution in [2.75, 3.05) is 11.9 Å². The first kappa shape index (κ1) is 15.7. The summed E-state index contributed by atoms with van der Waals surface area (Å²) in [6.07, 6.45) is 0. The van der Waals surface area contributed by atoms with Crippen molar-refractivity contribution < 1.29 is 14.3 Å². The van der Waals surface area contributed by atoms with Gasteiger partial charge in [0.25, 0.3) is 0 Å². The van der Waals surface area contributed by atoms with Crippen LogP contribution in [0.25, 0.3) is 0 Å². The lowest BCUT2D eigenvalue weighted by atomic mass is 10.1. The van der Waals surface area contributed by atoms with Crippen molar-refractivity contribution in [1.29, 1.82) is 5.26 Å². The van der Waals surface area contributed by atoms with Gasteiger partial charge in [-0.25, -0.2) is 9.78 Å². The number of carbonyl (C=O) groups excluding carboxylic acids is 2. The minimum Gasteiger partial charge on any atom is -0.461 e. The molecule has 1 aromatic carbocycles. The van der Waals surface area contributed by atoms with Crippen molar-refractivity contribution >= 4 is 28.9 Å². The lowest BCUT2D eigenvalue weighted by molar-refractivity contribution is -0.116. The summed E-state index contributed by atoms with van der Waals surface area (Å²) >= 11 is 1.08. The summed E-state index contributed by atoms with van der Waals surface area (Å²) in [5.41, 5.74) is 0.699. The van der Waals surface area contributed by atoms with Crippen LogP contribution in [0.2, 0.25) is 0 Å². The number of hydrogen-bond donors (Lipinski definition) is 1. The Morgan fingerprint density at radius 2 is 2.14 bits per heavy atom. The number of esters is 1. The zero-order chi connectivity index (χ0) is 15.9. The highest BCUT2D eigenvalue weighted by molar-refractivity contribution is 7.10. The predicted molar refractivity (Wildman–Crippen MR) is 81.5 cm³/mol. The molecule has 6 nitrogen and oxygen atoms in total. The fourth-order valence-electron chi connectivity index (χ4n) is 1.68. The summed E-state index contributed by atoms with van der Waals surface area (Å²) in [6, 6.07) is 10.7. The Balaban J connectivity index is 2.13. The fraction of sp³-hybridized carbons (Fsp3) is 0.200. The molecule has 7 heteroatoms. The van der Waals surface area contributed by atoms with Gasteiger partial charge in [-0.1, -0.05) is 18.2 Å². The van der Waals surface area contributed by atoms with Gasteiger partial charge in [0.05, 0.1) is 12.7 Å². The van der Waals surface area contributed by atoms with Crippen molar-refractivity contribution in [2.24, 2.45) is 0 Å². The number of rotatable bonds is 5. The van der Waals surface area contributed by atoms with Crippen molar-refractivity contribution in [3.63, 3.8) is 0 Å². The van der Waals surface area contributed by atoms with Gasteiger partial charge >= 0.3 is 5.97 Å². The van der Waals surface area contributed by atoms with Crippen molar-refractivity contribution in [3.05, 3.63) is 46.4 Å². The number of nitriles is 1. The van der Waals surface area contributed by atoms with Gasteiger partial charge < -0.3 is 10.1 Å². The number of nitrogens with zero attached hydrogens (tertiary/aromatic N) is 2. The highest BCUT2D eigenvalue weighted by Gasteiger charge is 2.25. The predicted octanol–water partition coefficient (Wildman–Crippen LogP) is 2.57. The van der Waals surface area contributed by atoms with Gasteiger partial charge in [-0.2, -0.15) is 5.26 Å². The molecule has 0 bridgehead atoms. The van der Waals surface area contributed by atoms with E-state index in [1.54, 1.807) is 31.2 Å². The van der Waals surface area contributed by atoms with Crippen LogP contribution in [0.4, 0.5) is 5.69 Å². The minimum absolute atomic E-state index is 0.106. The maximum absolute atomic E-state index is 12.2. The summed E-state index contributed by atoms with van der Waals surface area (Å²) in [5, 5.41) is 13.6. The summed E-state index contributed by atoms with van der Waals surface area (Å²) in [6.45, 7) is 1.93. The normalized spacial score (nSPS) is 11.3. The molecule has 1 aromatic heterocycles. The fourth-order valence-corrected chi connectivity index (χ4v) is 2.51. The highest BCUT2D eigenvalue weighted by Crippen LogP contribution is 2.22. The van der Waals surface area contributed by atoms with Crippen LogP contribution in [0.3, 0.4) is 0 Å². The zero-order valence-corrected chi connectivity index (χ0v) is 12.6. The van der Waals surface area contributed by atoms with E-state index in [4.69, 9.17) is 4.74 Å². The van der Waals surface area contributed by atoms with Gasteiger partial charge in [-0.3, -0.25) is 4.79 Å². The second kappa shape index (κ2) is 7.33. The van der Waals surface area contributed by atoms with Gasteiger partial charge in [0.2, 0.25) is 5.91 Å². The summed E-state index contributed by atoms with van der Waals surface area (Å²) < 4.78 is 4.83. The molecule has 22 heavy (non-hydrogen) atoms. The van der Waals surface area contributed by atoms with Gasteiger partial charge in [0, 0.05) is 11.1 Å². The molecular formula is C15H13N3O3S. The molecule has 1 heterocycles. The topological polar surface area (TPSA) is 92.1 Å². The molecular weight excluding hydrogens is 302 g/mol. The number of para-hydroxylation sites is 1.